The summed E-state index contributed by atoms with van der Waals surface area (Å²) in [5.41, 5.74) is 6.10. The van der Waals surface area contributed by atoms with Gasteiger partial charge in [-0.2, -0.15) is 0 Å². The first-order valence-corrected chi connectivity index (χ1v) is 4.75. The van der Waals surface area contributed by atoms with E-state index in [0.29, 0.717) is 0 Å². The van der Waals surface area contributed by atoms with Crippen LogP contribution in [-0.2, 0) is 0 Å². The molecule has 1 fully saturated rings. The van der Waals surface area contributed by atoms with Crippen LogP contribution < -0.4 is 5.73 Å². The Kier molecular flexibility index (Phi) is 3.09. The van der Waals surface area contributed by atoms with Crippen LogP contribution in [-0.4, -0.2) is 41.3 Å². The van der Waals surface area contributed by atoms with Crippen LogP contribution in [0.5, 0.6) is 0 Å². The summed E-state index contributed by atoms with van der Waals surface area (Å²) in [6.07, 6.45) is 2.03. The van der Waals surface area contributed by atoms with Crippen molar-refractivity contribution in [2.45, 2.75) is 38.3 Å². The SMILES string of the molecule is CCCC1(N)CN(CC(C)O)C1. The maximum absolute atomic E-state index is 9.11. The Bertz CT molecular complexity index is 141. The monoisotopic (exact) mass is 172 g/mol. The van der Waals surface area contributed by atoms with Crippen LogP contribution in [0.1, 0.15) is 26.7 Å². The van der Waals surface area contributed by atoms with E-state index in [0.717, 1.165) is 32.5 Å². The molecular formula is C9H20N2O. The van der Waals surface area contributed by atoms with E-state index in [1.54, 1.807) is 0 Å². The number of aliphatic hydroxyl groups is 1. The highest BCUT2D eigenvalue weighted by atomic mass is 16.3. The van der Waals surface area contributed by atoms with Gasteiger partial charge in [-0.3, -0.25) is 4.90 Å². The molecule has 1 aliphatic heterocycles. The summed E-state index contributed by atoms with van der Waals surface area (Å²) in [5, 5.41) is 9.11. The fraction of sp³-hybridized carbons (Fsp3) is 1.00. The lowest BCUT2D eigenvalue weighted by Gasteiger charge is -2.48. The van der Waals surface area contributed by atoms with Gasteiger partial charge in [0.05, 0.1) is 6.10 Å². The Morgan fingerprint density at radius 3 is 2.58 bits per heavy atom. The molecule has 1 saturated heterocycles. The molecule has 1 aliphatic rings. The zero-order valence-corrected chi connectivity index (χ0v) is 8.08. The summed E-state index contributed by atoms with van der Waals surface area (Å²) in [6, 6.07) is 0. The highest BCUT2D eigenvalue weighted by Crippen LogP contribution is 2.22. The first-order valence-electron chi connectivity index (χ1n) is 4.75. The molecule has 1 rings (SSSR count). The minimum atomic E-state index is -0.226. The van der Waals surface area contributed by atoms with E-state index in [2.05, 4.69) is 11.8 Å². The largest absolute Gasteiger partial charge is 0.392 e. The van der Waals surface area contributed by atoms with Gasteiger partial charge in [0.25, 0.3) is 0 Å². The van der Waals surface area contributed by atoms with Gasteiger partial charge in [0, 0.05) is 25.2 Å². The number of likely N-dealkylation sites (tertiary alicyclic amines) is 1. The van der Waals surface area contributed by atoms with Crippen molar-refractivity contribution in [3.63, 3.8) is 0 Å². The summed E-state index contributed by atoms with van der Waals surface area (Å²) in [6.45, 7) is 6.64. The van der Waals surface area contributed by atoms with Gasteiger partial charge in [-0.25, -0.2) is 0 Å². The van der Waals surface area contributed by atoms with E-state index in [-0.39, 0.29) is 11.6 Å². The third-order valence-corrected chi connectivity index (χ3v) is 2.35. The second-order valence-corrected chi connectivity index (χ2v) is 4.13. The lowest BCUT2D eigenvalue weighted by Crippen LogP contribution is -2.67. The molecule has 0 saturated carbocycles. The molecule has 0 aromatic carbocycles. The smallest absolute Gasteiger partial charge is 0.0639 e. The Morgan fingerprint density at radius 2 is 2.17 bits per heavy atom. The van der Waals surface area contributed by atoms with E-state index in [1.807, 2.05) is 6.92 Å². The van der Waals surface area contributed by atoms with Gasteiger partial charge in [-0.1, -0.05) is 13.3 Å². The van der Waals surface area contributed by atoms with Crippen molar-refractivity contribution in [2.75, 3.05) is 19.6 Å². The molecule has 1 atom stereocenters. The van der Waals surface area contributed by atoms with E-state index in [9.17, 15) is 0 Å². The Balaban J connectivity index is 2.18. The number of aliphatic hydroxyl groups excluding tert-OH is 1. The minimum Gasteiger partial charge on any atom is -0.392 e. The van der Waals surface area contributed by atoms with Crippen LogP contribution in [0.3, 0.4) is 0 Å². The first-order chi connectivity index (χ1) is 5.56. The molecule has 0 aromatic rings. The van der Waals surface area contributed by atoms with Crippen molar-refractivity contribution in [3.05, 3.63) is 0 Å². The number of hydrogen-bond donors (Lipinski definition) is 2. The highest BCUT2D eigenvalue weighted by molar-refractivity contribution is 4.99. The quantitative estimate of drug-likeness (QED) is 0.636. The third-order valence-electron chi connectivity index (χ3n) is 2.35. The predicted octanol–water partition coefficient (Wildman–Crippen LogP) is 0.180. The molecule has 0 radical (unpaired) electrons. The van der Waals surface area contributed by atoms with Crippen molar-refractivity contribution < 1.29 is 5.11 Å². The van der Waals surface area contributed by atoms with Crippen LogP contribution in [0.2, 0.25) is 0 Å². The molecule has 3 N–H and O–H groups in total. The van der Waals surface area contributed by atoms with Crippen LogP contribution in [0.25, 0.3) is 0 Å². The van der Waals surface area contributed by atoms with Gasteiger partial charge >= 0.3 is 0 Å². The molecule has 1 heterocycles. The predicted molar refractivity (Wildman–Crippen MR) is 49.9 cm³/mol. The van der Waals surface area contributed by atoms with Gasteiger partial charge in [-0.05, 0) is 13.3 Å². The lowest BCUT2D eigenvalue weighted by molar-refractivity contribution is 0.0247. The van der Waals surface area contributed by atoms with Crippen LogP contribution in [0, 0.1) is 0 Å². The molecule has 12 heavy (non-hydrogen) atoms. The molecule has 3 nitrogen and oxygen atoms in total. The van der Waals surface area contributed by atoms with Crippen molar-refractivity contribution in [1.29, 1.82) is 0 Å². The Morgan fingerprint density at radius 1 is 1.58 bits per heavy atom. The number of nitrogens with zero attached hydrogens (tertiary/aromatic N) is 1. The molecular weight excluding hydrogens is 152 g/mol. The molecule has 0 amide bonds. The lowest BCUT2D eigenvalue weighted by atomic mass is 9.86. The maximum Gasteiger partial charge on any atom is 0.0639 e. The highest BCUT2D eigenvalue weighted by Gasteiger charge is 2.38. The summed E-state index contributed by atoms with van der Waals surface area (Å²) in [5.74, 6) is 0. The number of rotatable bonds is 4. The topological polar surface area (TPSA) is 49.5 Å². The molecule has 0 spiro atoms. The molecule has 72 valence electrons. The second-order valence-electron chi connectivity index (χ2n) is 4.13. The number of hydrogen-bond acceptors (Lipinski definition) is 3. The van der Waals surface area contributed by atoms with Gasteiger partial charge in [0.2, 0.25) is 0 Å². The average Bonchev–Trinajstić information content (AvgIpc) is 1.83. The summed E-state index contributed by atoms with van der Waals surface area (Å²) < 4.78 is 0. The van der Waals surface area contributed by atoms with Gasteiger partial charge < -0.3 is 10.8 Å². The van der Waals surface area contributed by atoms with Gasteiger partial charge in [0.15, 0.2) is 0 Å². The van der Waals surface area contributed by atoms with E-state index < -0.39 is 0 Å². The van der Waals surface area contributed by atoms with Crippen LogP contribution in [0.15, 0.2) is 0 Å². The fourth-order valence-electron chi connectivity index (χ4n) is 2.00. The summed E-state index contributed by atoms with van der Waals surface area (Å²) in [4.78, 5) is 2.21. The molecule has 0 bridgehead atoms. The standard InChI is InChI=1S/C9H20N2O/c1-3-4-9(10)6-11(7-9)5-8(2)12/h8,12H,3-7,10H2,1-2H3. The summed E-state index contributed by atoms with van der Waals surface area (Å²) >= 11 is 0. The third kappa shape index (κ3) is 2.44. The van der Waals surface area contributed by atoms with Gasteiger partial charge in [-0.15, -0.1) is 0 Å². The normalized spacial score (nSPS) is 25.0. The van der Waals surface area contributed by atoms with Crippen molar-refractivity contribution in [2.24, 2.45) is 5.73 Å². The fourth-order valence-corrected chi connectivity index (χ4v) is 2.00. The van der Waals surface area contributed by atoms with Crippen molar-refractivity contribution in [3.8, 4) is 0 Å². The molecule has 3 heteroatoms. The average molecular weight is 172 g/mol. The number of β-amino-alcohol motifs (C(OH)–C–C–N with tert-alkyl or cyclic N) is 1. The van der Waals surface area contributed by atoms with Crippen LogP contribution >= 0.6 is 0 Å². The molecule has 0 aromatic heterocycles. The maximum atomic E-state index is 9.11. The van der Waals surface area contributed by atoms with Crippen molar-refractivity contribution in [1.82, 2.24) is 4.90 Å². The summed E-state index contributed by atoms with van der Waals surface area (Å²) in [7, 11) is 0. The Hall–Kier alpha value is -0.120. The first kappa shape index (κ1) is 9.96. The molecule has 0 aliphatic carbocycles. The number of nitrogens with two attached hydrogens (primary N) is 1. The minimum absolute atomic E-state index is 0.0453. The van der Waals surface area contributed by atoms with E-state index >= 15 is 0 Å². The zero-order chi connectivity index (χ0) is 9.19. The van der Waals surface area contributed by atoms with Crippen LogP contribution in [0.4, 0.5) is 0 Å². The van der Waals surface area contributed by atoms with Crippen molar-refractivity contribution >= 4 is 0 Å². The Labute approximate surface area is 74.5 Å². The van der Waals surface area contributed by atoms with E-state index in [1.165, 1.54) is 0 Å². The van der Waals surface area contributed by atoms with E-state index in [4.69, 9.17) is 10.8 Å². The van der Waals surface area contributed by atoms with Gasteiger partial charge in [0.1, 0.15) is 0 Å². The zero-order valence-electron chi connectivity index (χ0n) is 8.08. The molecule has 1 unspecified atom stereocenters. The second kappa shape index (κ2) is 3.73.